The third kappa shape index (κ3) is 18.1. The smallest absolute Gasteiger partial charge is 0.311 e. The number of allylic oxidation sites excluding steroid dienone is 1. The Kier molecular flexibility index (Phi) is 20.0. The second kappa shape index (κ2) is 21.1. The summed E-state index contributed by atoms with van der Waals surface area (Å²) in [6.07, 6.45) is 20.2. The van der Waals surface area contributed by atoms with Crippen LogP contribution in [0.5, 0.6) is 0 Å². The Morgan fingerprint density at radius 3 is 1.30 bits per heavy atom. The molecule has 0 saturated heterocycles. The number of carboxylic acid groups (broad SMARTS) is 3. The molecule has 0 amide bonds. The van der Waals surface area contributed by atoms with Crippen molar-refractivity contribution in [1.29, 1.82) is 0 Å². The van der Waals surface area contributed by atoms with Crippen LogP contribution >= 0.6 is 0 Å². The van der Waals surface area contributed by atoms with Crippen LogP contribution in [0.1, 0.15) is 117 Å². The molecule has 0 fully saturated rings. The first-order chi connectivity index (χ1) is 17.5. The number of unbranched alkanes of at least 4 members (excludes halogenated alkanes) is 14. The van der Waals surface area contributed by atoms with E-state index < -0.39 is 35.7 Å². The van der Waals surface area contributed by atoms with Gasteiger partial charge in [0.2, 0.25) is 0 Å². The van der Waals surface area contributed by atoms with Crippen molar-refractivity contribution < 1.29 is 34.2 Å². The molecule has 0 heterocycles. The lowest BCUT2D eigenvalue weighted by molar-refractivity contribution is -0.934. The Balaban J connectivity index is 4.46. The zero-order valence-electron chi connectivity index (χ0n) is 23.9. The molecule has 0 bridgehead atoms. The second-order valence-corrected chi connectivity index (χ2v) is 11.3. The van der Waals surface area contributed by atoms with Gasteiger partial charge in [0, 0.05) is 11.9 Å². The number of carbonyl (C=O) groups is 3. The number of aliphatic carboxylic acids is 3. The van der Waals surface area contributed by atoms with Gasteiger partial charge in [0.15, 0.2) is 0 Å². The summed E-state index contributed by atoms with van der Waals surface area (Å²) in [4.78, 5) is 34.6. The quantitative estimate of drug-likeness (QED) is 0.0854. The van der Waals surface area contributed by atoms with Crippen LogP contribution in [0.15, 0.2) is 12.7 Å². The molecule has 7 nitrogen and oxygen atoms in total. The van der Waals surface area contributed by atoms with Crippen molar-refractivity contribution in [2.75, 3.05) is 26.2 Å². The molecule has 0 aliphatic rings. The van der Waals surface area contributed by atoms with Crippen molar-refractivity contribution in [2.24, 2.45) is 17.8 Å². The first-order valence-corrected chi connectivity index (χ1v) is 14.7. The van der Waals surface area contributed by atoms with Gasteiger partial charge >= 0.3 is 11.9 Å². The Morgan fingerprint density at radius 1 is 0.649 bits per heavy atom. The van der Waals surface area contributed by atoms with Crippen molar-refractivity contribution in [3.05, 3.63) is 12.7 Å². The largest absolute Gasteiger partial charge is 0.550 e. The summed E-state index contributed by atoms with van der Waals surface area (Å²) in [5, 5.41) is 30.5. The highest BCUT2D eigenvalue weighted by Gasteiger charge is 2.36. The van der Waals surface area contributed by atoms with E-state index in [1.165, 1.54) is 64.2 Å². The third-order valence-corrected chi connectivity index (χ3v) is 7.52. The van der Waals surface area contributed by atoms with Crippen LogP contribution in [0.4, 0.5) is 0 Å². The molecule has 0 aromatic rings. The normalized spacial score (nSPS) is 15.4. The lowest BCUT2D eigenvalue weighted by Gasteiger charge is -2.43. The molecule has 0 aromatic heterocycles. The molecule has 0 aromatic carbocycles. The Hall–Kier alpha value is -1.89. The van der Waals surface area contributed by atoms with Crippen molar-refractivity contribution >= 4 is 17.9 Å². The zero-order valence-corrected chi connectivity index (χ0v) is 23.9. The van der Waals surface area contributed by atoms with Crippen LogP contribution in [0.25, 0.3) is 0 Å². The van der Waals surface area contributed by atoms with Crippen molar-refractivity contribution in [3.8, 4) is 0 Å². The van der Waals surface area contributed by atoms with Gasteiger partial charge in [-0.05, 0) is 39.5 Å². The highest BCUT2D eigenvalue weighted by Crippen LogP contribution is 2.22. The predicted molar refractivity (Wildman–Crippen MR) is 147 cm³/mol. The zero-order chi connectivity index (χ0) is 28.1. The van der Waals surface area contributed by atoms with Crippen LogP contribution in [0.3, 0.4) is 0 Å². The maximum absolute atomic E-state index is 11.6. The van der Waals surface area contributed by atoms with E-state index in [-0.39, 0.29) is 24.1 Å². The maximum Gasteiger partial charge on any atom is 0.311 e. The van der Waals surface area contributed by atoms with E-state index in [1.54, 1.807) is 20.8 Å². The highest BCUT2D eigenvalue weighted by atomic mass is 16.4. The summed E-state index contributed by atoms with van der Waals surface area (Å²) in [6, 6.07) is 0. The van der Waals surface area contributed by atoms with E-state index in [2.05, 4.69) is 6.58 Å². The van der Waals surface area contributed by atoms with E-state index in [0.717, 1.165) is 32.1 Å². The van der Waals surface area contributed by atoms with Gasteiger partial charge in [0.05, 0.1) is 26.2 Å². The fourth-order valence-electron chi connectivity index (χ4n) is 5.33. The number of carboxylic acids is 3. The van der Waals surface area contributed by atoms with Gasteiger partial charge in [-0.25, -0.2) is 0 Å². The number of hydrogen-bond acceptors (Lipinski definition) is 4. The fraction of sp³-hybridized carbons (Fsp3) is 0.833. The van der Waals surface area contributed by atoms with E-state index in [1.807, 2.05) is 6.08 Å². The molecular weight excluding hydrogens is 470 g/mol. The van der Waals surface area contributed by atoms with E-state index >= 15 is 0 Å². The highest BCUT2D eigenvalue weighted by molar-refractivity contribution is 5.70. The first-order valence-electron chi connectivity index (χ1n) is 14.7. The molecule has 0 saturated carbocycles. The molecule has 2 N–H and O–H groups in total. The van der Waals surface area contributed by atoms with Crippen LogP contribution in [-0.4, -0.2) is 58.8 Å². The molecule has 0 rings (SSSR count). The van der Waals surface area contributed by atoms with Crippen molar-refractivity contribution in [2.45, 2.75) is 117 Å². The van der Waals surface area contributed by atoms with Gasteiger partial charge in [-0.2, -0.15) is 0 Å². The van der Waals surface area contributed by atoms with Crippen LogP contribution in [0, 0.1) is 17.8 Å². The molecule has 3 unspecified atom stereocenters. The summed E-state index contributed by atoms with van der Waals surface area (Å²) >= 11 is 0. The SMILES string of the molecule is C=CCCCCCCCCCCCCCCCC[N+](CC(C)C(=O)[O-])(CC(C)C(=O)O)CC(C)C(=O)O. The molecule has 0 aliphatic carbocycles. The minimum atomic E-state index is -1.18. The molecule has 0 aliphatic heterocycles. The van der Waals surface area contributed by atoms with Gasteiger partial charge < -0.3 is 24.6 Å². The number of quaternary nitrogens is 1. The lowest BCUT2D eigenvalue weighted by atomic mass is 10.00. The number of carbonyl (C=O) groups excluding carboxylic acids is 1. The summed E-state index contributed by atoms with van der Waals surface area (Å²) in [5.41, 5.74) is 0. The monoisotopic (exact) mass is 525 g/mol. The molecule has 7 heteroatoms. The number of hydrogen-bond donors (Lipinski definition) is 2. The summed E-state index contributed by atoms with van der Waals surface area (Å²) in [6.45, 7) is 9.75. The number of nitrogens with zero attached hydrogens (tertiary/aromatic N) is 1. The molecule has 37 heavy (non-hydrogen) atoms. The Morgan fingerprint density at radius 2 is 0.973 bits per heavy atom. The van der Waals surface area contributed by atoms with Crippen molar-refractivity contribution in [3.63, 3.8) is 0 Å². The molecular formula is C30H55NO6. The Labute approximate surface area is 225 Å². The van der Waals surface area contributed by atoms with E-state index in [9.17, 15) is 29.7 Å². The van der Waals surface area contributed by atoms with Gasteiger partial charge in [-0.3, -0.25) is 9.59 Å². The molecule has 3 atom stereocenters. The molecule has 216 valence electrons. The topological polar surface area (TPSA) is 115 Å². The molecule has 0 radical (unpaired) electrons. The van der Waals surface area contributed by atoms with Crippen LogP contribution < -0.4 is 5.11 Å². The second-order valence-electron chi connectivity index (χ2n) is 11.3. The average molecular weight is 526 g/mol. The summed E-state index contributed by atoms with van der Waals surface area (Å²) in [7, 11) is 0. The standard InChI is InChI=1S/C30H55NO6/c1-5-6-7-8-9-10-11-12-13-14-15-16-17-18-19-20-21-31(22-25(2)28(32)33,23-26(3)29(34)35)24-27(4)30(36)37/h5,25-27H,1,6-24H2,2-4H3,(H2-,32,33,34,35,36,37). The summed E-state index contributed by atoms with van der Waals surface area (Å²) in [5.74, 6) is -5.24. The van der Waals surface area contributed by atoms with Crippen LogP contribution in [0.2, 0.25) is 0 Å². The van der Waals surface area contributed by atoms with Gasteiger partial charge in [-0.1, -0.05) is 83.6 Å². The minimum Gasteiger partial charge on any atom is -0.550 e. The summed E-state index contributed by atoms with van der Waals surface area (Å²) < 4.78 is 0.185. The third-order valence-electron chi connectivity index (χ3n) is 7.52. The molecule has 0 spiro atoms. The van der Waals surface area contributed by atoms with Crippen molar-refractivity contribution in [1.82, 2.24) is 0 Å². The predicted octanol–water partition coefficient (Wildman–Crippen LogP) is 5.67. The lowest BCUT2D eigenvalue weighted by Crippen LogP contribution is -2.58. The fourth-order valence-corrected chi connectivity index (χ4v) is 5.33. The van der Waals surface area contributed by atoms with Gasteiger partial charge in [-0.15, -0.1) is 6.58 Å². The van der Waals surface area contributed by atoms with Gasteiger partial charge in [0.25, 0.3) is 0 Å². The Bertz CT molecular complexity index is 595. The van der Waals surface area contributed by atoms with E-state index in [0.29, 0.717) is 6.54 Å². The van der Waals surface area contributed by atoms with Gasteiger partial charge in [0.1, 0.15) is 11.8 Å². The average Bonchev–Trinajstić information content (AvgIpc) is 2.83. The first kappa shape index (κ1) is 35.1. The van der Waals surface area contributed by atoms with Crippen LogP contribution in [-0.2, 0) is 14.4 Å². The maximum atomic E-state index is 11.6. The minimum absolute atomic E-state index is 0.185. The number of rotatable bonds is 26. The van der Waals surface area contributed by atoms with E-state index in [4.69, 9.17) is 0 Å².